The van der Waals surface area contributed by atoms with Crippen molar-refractivity contribution in [3.05, 3.63) is 90.8 Å². The fraction of sp³-hybridized carbons (Fsp3) is 0.107. The zero-order valence-electron chi connectivity index (χ0n) is 19.4. The van der Waals surface area contributed by atoms with Crippen LogP contribution in [0, 0.1) is 0 Å². The number of aromatic nitrogens is 2. The Morgan fingerprint density at radius 1 is 0.972 bits per heavy atom. The number of benzene rings is 3. The number of ether oxygens (including phenoxy) is 1. The lowest BCUT2D eigenvalue weighted by atomic mass is 9.88. The van der Waals surface area contributed by atoms with Crippen LogP contribution in [0.2, 0.25) is 0 Å². The van der Waals surface area contributed by atoms with Crippen LogP contribution in [0.15, 0.2) is 85.2 Å². The highest BCUT2D eigenvalue weighted by Gasteiger charge is 2.48. The molecule has 0 spiro atoms. The van der Waals surface area contributed by atoms with Gasteiger partial charge in [-0.15, -0.1) is 0 Å². The van der Waals surface area contributed by atoms with E-state index in [4.69, 9.17) is 4.74 Å². The Morgan fingerprint density at radius 2 is 1.78 bits per heavy atom. The molecule has 0 radical (unpaired) electrons. The van der Waals surface area contributed by atoms with Gasteiger partial charge in [-0.1, -0.05) is 36.4 Å². The minimum Gasteiger partial charge on any atom is -0.497 e. The molecule has 8 heteroatoms. The fourth-order valence-corrected chi connectivity index (χ4v) is 4.83. The topological polar surface area (TPSA) is 105 Å². The van der Waals surface area contributed by atoms with Crippen molar-refractivity contribution >= 4 is 33.6 Å². The molecule has 3 N–H and O–H groups in total. The van der Waals surface area contributed by atoms with Gasteiger partial charge >= 0.3 is 6.03 Å². The maximum Gasteiger partial charge on any atom is 0.322 e. The van der Waals surface area contributed by atoms with E-state index < -0.39 is 17.5 Å². The second kappa shape index (κ2) is 8.13. The van der Waals surface area contributed by atoms with Gasteiger partial charge in [-0.3, -0.25) is 15.1 Å². The lowest BCUT2D eigenvalue weighted by Gasteiger charge is -2.27. The van der Waals surface area contributed by atoms with E-state index in [-0.39, 0.29) is 12.4 Å². The van der Waals surface area contributed by atoms with Crippen molar-refractivity contribution in [2.75, 3.05) is 7.11 Å². The summed E-state index contributed by atoms with van der Waals surface area (Å²) in [5.74, 6) is 0.114. The van der Waals surface area contributed by atoms with Crippen molar-refractivity contribution in [2.24, 2.45) is 0 Å². The molecular formula is C28H22N4O4. The molecule has 0 aliphatic carbocycles. The van der Waals surface area contributed by atoms with Gasteiger partial charge in [0.2, 0.25) is 0 Å². The number of hydrogen-bond donors (Lipinski definition) is 3. The smallest absolute Gasteiger partial charge is 0.322 e. The highest BCUT2D eigenvalue weighted by molar-refractivity contribution is 6.07. The Hall–Kier alpha value is -4.85. The van der Waals surface area contributed by atoms with Gasteiger partial charge in [-0.2, -0.15) is 0 Å². The first kappa shape index (κ1) is 21.7. The van der Waals surface area contributed by atoms with Gasteiger partial charge in [0.15, 0.2) is 11.4 Å². The molecule has 3 heterocycles. The van der Waals surface area contributed by atoms with Crippen LogP contribution < -0.4 is 15.4 Å². The Morgan fingerprint density at radius 3 is 2.53 bits per heavy atom. The molecule has 0 bridgehead atoms. The van der Waals surface area contributed by atoms with Gasteiger partial charge in [-0.25, -0.2) is 4.79 Å². The average Bonchev–Trinajstić information content (AvgIpc) is 3.38. The summed E-state index contributed by atoms with van der Waals surface area (Å²) < 4.78 is 6.84. The molecule has 0 saturated carbocycles. The number of nitrogens with zero attached hydrogens (tertiary/aromatic N) is 2. The summed E-state index contributed by atoms with van der Waals surface area (Å²) in [5.41, 5.74) is 2.11. The van der Waals surface area contributed by atoms with Crippen LogP contribution in [-0.2, 0) is 16.9 Å². The predicted molar refractivity (Wildman–Crippen MR) is 136 cm³/mol. The molecule has 1 atom stereocenters. The molecule has 1 aliphatic rings. The minimum absolute atomic E-state index is 0.00833. The number of methoxy groups -OCH3 is 1. The van der Waals surface area contributed by atoms with Crippen molar-refractivity contribution in [2.45, 2.75) is 12.1 Å². The van der Waals surface area contributed by atoms with E-state index in [9.17, 15) is 14.7 Å². The molecule has 3 amide bonds. The van der Waals surface area contributed by atoms with Crippen LogP contribution >= 0.6 is 0 Å². The lowest BCUT2D eigenvalue weighted by Crippen LogP contribution is -2.47. The number of imide groups is 1. The summed E-state index contributed by atoms with van der Waals surface area (Å²) in [7, 11) is 1.56. The van der Waals surface area contributed by atoms with Gasteiger partial charge in [0.25, 0.3) is 5.91 Å². The van der Waals surface area contributed by atoms with Crippen molar-refractivity contribution < 1.29 is 19.4 Å². The van der Waals surface area contributed by atoms with Crippen LogP contribution in [0.4, 0.5) is 4.79 Å². The second-order valence-electron chi connectivity index (χ2n) is 8.84. The normalized spacial score (nSPS) is 17.4. The largest absolute Gasteiger partial charge is 0.497 e. The Bertz CT molecular complexity index is 1660. The molecule has 8 nitrogen and oxygen atoms in total. The van der Waals surface area contributed by atoms with Gasteiger partial charge in [0.05, 0.1) is 19.2 Å². The van der Waals surface area contributed by atoms with E-state index in [1.807, 2.05) is 54.6 Å². The Kier molecular flexibility index (Phi) is 4.89. The van der Waals surface area contributed by atoms with Gasteiger partial charge < -0.3 is 19.7 Å². The van der Waals surface area contributed by atoms with Crippen LogP contribution in [0.25, 0.3) is 32.8 Å². The predicted octanol–water partition coefficient (Wildman–Crippen LogP) is 4.31. The molecule has 36 heavy (non-hydrogen) atoms. The molecule has 2 aromatic heterocycles. The van der Waals surface area contributed by atoms with Gasteiger partial charge in [-0.05, 0) is 53.1 Å². The summed E-state index contributed by atoms with van der Waals surface area (Å²) in [5, 5.41) is 18.5. The summed E-state index contributed by atoms with van der Waals surface area (Å²) in [6.07, 6.45) is 3.51. The van der Waals surface area contributed by atoms with Crippen molar-refractivity contribution in [1.82, 2.24) is 20.2 Å². The van der Waals surface area contributed by atoms with E-state index in [1.54, 1.807) is 36.2 Å². The summed E-state index contributed by atoms with van der Waals surface area (Å²) in [6, 6.07) is 22.2. The fourth-order valence-electron chi connectivity index (χ4n) is 4.83. The molecule has 6 rings (SSSR count). The number of pyridine rings is 1. The number of carbonyl (C=O) groups excluding carboxylic acids is 2. The number of amides is 3. The SMILES string of the molecule is COc1ccc2cn(C[C@]3(c4ccc(-c5ccc6ncccc6c5)cc4)NC(=O)NC3=O)c(O)c2c1. The highest BCUT2D eigenvalue weighted by atomic mass is 16.5. The molecule has 1 fully saturated rings. The summed E-state index contributed by atoms with van der Waals surface area (Å²) in [6.45, 7) is 0.00833. The van der Waals surface area contributed by atoms with Gasteiger partial charge in [0, 0.05) is 28.6 Å². The second-order valence-corrected chi connectivity index (χ2v) is 8.84. The maximum absolute atomic E-state index is 13.1. The number of hydrogen-bond acceptors (Lipinski definition) is 5. The van der Waals surface area contributed by atoms with E-state index >= 15 is 0 Å². The maximum atomic E-state index is 13.1. The molecular weight excluding hydrogens is 456 g/mol. The van der Waals surface area contributed by atoms with E-state index in [2.05, 4.69) is 21.7 Å². The minimum atomic E-state index is -1.39. The Balaban J connectivity index is 1.39. The standard InChI is InChI=1S/C28H22N4O4/c1-36-22-10-6-20-15-32(25(33)23(20)14-22)16-28(26(34)30-27(35)31-28)21-8-4-17(5-9-21)18-7-11-24-19(13-18)3-2-12-29-24/h2-15,33H,16H2,1H3,(H2,30,31,34,35)/t28-/m1/s1. The average molecular weight is 479 g/mol. The molecule has 178 valence electrons. The zero-order valence-corrected chi connectivity index (χ0v) is 19.4. The number of urea groups is 1. The first-order chi connectivity index (χ1) is 17.5. The number of fused-ring (bicyclic) bond motifs is 2. The number of nitrogens with one attached hydrogen (secondary N) is 2. The Labute approximate surface area is 206 Å². The molecule has 0 unspecified atom stereocenters. The van der Waals surface area contributed by atoms with E-state index in [0.717, 1.165) is 27.4 Å². The molecule has 5 aromatic rings. The summed E-state index contributed by atoms with van der Waals surface area (Å²) >= 11 is 0. The van der Waals surface area contributed by atoms with Crippen molar-refractivity contribution in [1.29, 1.82) is 0 Å². The molecule has 1 saturated heterocycles. The van der Waals surface area contributed by atoms with E-state index in [0.29, 0.717) is 16.7 Å². The number of carbonyl (C=O) groups is 2. The van der Waals surface area contributed by atoms with Crippen molar-refractivity contribution in [3.63, 3.8) is 0 Å². The molecule has 3 aromatic carbocycles. The van der Waals surface area contributed by atoms with Crippen LogP contribution in [0.3, 0.4) is 0 Å². The van der Waals surface area contributed by atoms with E-state index in [1.165, 1.54) is 0 Å². The first-order valence-electron chi connectivity index (χ1n) is 11.4. The molecule has 1 aliphatic heterocycles. The lowest BCUT2D eigenvalue weighted by molar-refractivity contribution is -0.124. The number of rotatable bonds is 5. The van der Waals surface area contributed by atoms with Crippen molar-refractivity contribution in [3.8, 4) is 22.8 Å². The summed E-state index contributed by atoms with van der Waals surface area (Å²) in [4.78, 5) is 29.7. The third-order valence-corrected chi connectivity index (χ3v) is 6.73. The monoisotopic (exact) mass is 478 g/mol. The van der Waals surface area contributed by atoms with Crippen LogP contribution in [-0.4, -0.2) is 33.7 Å². The quantitative estimate of drug-likeness (QED) is 0.327. The highest BCUT2D eigenvalue weighted by Crippen LogP contribution is 2.35. The third kappa shape index (κ3) is 3.42. The zero-order chi connectivity index (χ0) is 24.9. The third-order valence-electron chi connectivity index (χ3n) is 6.73. The van der Waals surface area contributed by atoms with Crippen LogP contribution in [0.1, 0.15) is 5.56 Å². The van der Waals surface area contributed by atoms with Crippen LogP contribution in [0.5, 0.6) is 11.6 Å². The number of aromatic hydroxyl groups is 1. The van der Waals surface area contributed by atoms with Gasteiger partial charge in [0.1, 0.15) is 5.75 Å². The first-order valence-corrected chi connectivity index (χ1v) is 11.4.